The third-order valence-corrected chi connectivity index (χ3v) is 5.44. The molecular formula is C17H29N9O2S. The molecule has 1 aliphatic rings. The van der Waals surface area contributed by atoms with Crippen LogP contribution in [0.25, 0.3) is 5.78 Å². The van der Waals surface area contributed by atoms with Crippen LogP contribution in [0, 0.1) is 0 Å². The minimum Gasteiger partial charge on any atom is -0.379 e. The number of anilines is 2. The van der Waals surface area contributed by atoms with E-state index in [2.05, 4.69) is 47.9 Å². The topological polar surface area (TPSA) is 122 Å². The standard InChI is InChI=1S/C17H29N9O2S/c1-4-18-14-21-15(19-5-2)26-16(22-14)23-24-17(26)29-11-13(27)20-10-12(3)25-6-8-28-9-7-25/h12H,4-11H2,1-3H3,(H,20,27)(H2,18,19,21,22,23). The summed E-state index contributed by atoms with van der Waals surface area (Å²) in [6.45, 7) is 11.4. The summed E-state index contributed by atoms with van der Waals surface area (Å²) in [4.78, 5) is 23.5. The third kappa shape index (κ3) is 5.67. The van der Waals surface area contributed by atoms with Gasteiger partial charge in [0.2, 0.25) is 17.8 Å². The molecule has 0 aliphatic carbocycles. The summed E-state index contributed by atoms with van der Waals surface area (Å²) < 4.78 is 7.11. The molecule has 160 valence electrons. The van der Waals surface area contributed by atoms with E-state index in [1.54, 1.807) is 4.40 Å². The Morgan fingerprint density at radius 2 is 1.93 bits per heavy atom. The molecule has 1 fully saturated rings. The number of rotatable bonds is 10. The van der Waals surface area contributed by atoms with Crippen LogP contribution in [0.1, 0.15) is 20.8 Å². The van der Waals surface area contributed by atoms with E-state index in [4.69, 9.17) is 4.74 Å². The predicted molar refractivity (Wildman–Crippen MR) is 112 cm³/mol. The normalized spacial score (nSPS) is 16.0. The average molecular weight is 424 g/mol. The molecule has 2 aromatic heterocycles. The number of carbonyl (C=O) groups excluding carboxylic acids is 1. The highest BCUT2D eigenvalue weighted by molar-refractivity contribution is 7.99. The van der Waals surface area contributed by atoms with Gasteiger partial charge in [0.1, 0.15) is 0 Å². The number of carbonyl (C=O) groups is 1. The maximum absolute atomic E-state index is 12.3. The summed E-state index contributed by atoms with van der Waals surface area (Å²) in [5.74, 6) is 1.74. The first kappa shape index (κ1) is 21.5. The molecule has 0 radical (unpaired) electrons. The maximum Gasteiger partial charge on any atom is 0.261 e. The quantitative estimate of drug-likeness (QED) is 0.460. The molecule has 1 saturated heterocycles. The molecule has 11 nitrogen and oxygen atoms in total. The maximum atomic E-state index is 12.3. The zero-order valence-corrected chi connectivity index (χ0v) is 18.0. The highest BCUT2D eigenvalue weighted by Crippen LogP contribution is 2.20. The monoisotopic (exact) mass is 423 g/mol. The predicted octanol–water partition coefficient (Wildman–Crippen LogP) is 0.312. The first-order valence-electron chi connectivity index (χ1n) is 9.94. The van der Waals surface area contributed by atoms with Gasteiger partial charge in [0.15, 0.2) is 5.16 Å². The molecule has 0 spiro atoms. The number of aromatic nitrogens is 5. The number of amides is 1. The fourth-order valence-electron chi connectivity index (χ4n) is 2.99. The lowest BCUT2D eigenvalue weighted by Crippen LogP contribution is -2.47. The second kappa shape index (κ2) is 10.6. The summed E-state index contributed by atoms with van der Waals surface area (Å²) in [6.07, 6.45) is 0. The summed E-state index contributed by atoms with van der Waals surface area (Å²) in [7, 11) is 0. The van der Waals surface area contributed by atoms with E-state index in [-0.39, 0.29) is 17.7 Å². The Labute approximate surface area is 174 Å². The molecule has 1 unspecified atom stereocenters. The van der Waals surface area contributed by atoms with Crippen LogP contribution < -0.4 is 16.0 Å². The SMILES string of the molecule is CCNc1nc(NCC)n2c(SCC(=O)NCC(C)N3CCOCC3)nnc2n1. The van der Waals surface area contributed by atoms with Crippen LogP contribution in [0.5, 0.6) is 0 Å². The van der Waals surface area contributed by atoms with Crippen molar-refractivity contribution in [3.63, 3.8) is 0 Å². The lowest BCUT2D eigenvalue weighted by molar-refractivity contribution is -0.118. The molecule has 2 aromatic rings. The fourth-order valence-corrected chi connectivity index (χ4v) is 3.75. The van der Waals surface area contributed by atoms with Crippen molar-refractivity contribution >= 4 is 35.3 Å². The number of nitrogens with zero attached hydrogens (tertiary/aromatic N) is 6. The lowest BCUT2D eigenvalue weighted by atomic mass is 10.2. The smallest absolute Gasteiger partial charge is 0.261 e. The Morgan fingerprint density at radius 3 is 2.66 bits per heavy atom. The van der Waals surface area contributed by atoms with Crippen molar-refractivity contribution in [3.8, 4) is 0 Å². The van der Waals surface area contributed by atoms with Gasteiger partial charge in [0.05, 0.1) is 19.0 Å². The van der Waals surface area contributed by atoms with Gasteiger partial charge in [0, 0.05) is 38.8 Å². The number of morpholine rings is 1. The van der Waals surface area contributed by atoms with Gasteiger partial charge in [-0.15, -0.1) is 10.2 Å². The van der Waals surface area contributed by atoms with E-state index in [0.717, 1.165) is 26.3 Å². The third-order valence-electron chi connectivity index (χ3n) is 4.51. The van der Waals surface area contributed by atoms with Crippen LogP contribution in [0.3, 0.4) is 0 Å². The lowest BCUT2D eigenvalue weighted by Gasteiger charge is -2.32. The number of hydrogen-bond acceptors (Lipinski definition) is 10. The molecule has 0 saturated carbocycles. The van der Waals surface area contributed by atoms with Crippen molar-refractivity contribution in [2.24, 2.45) is 0 Å². The van der Waals surface area contributed by atoms with Crippen molar-refractivity contribution in [3.05, 3.63) is 0 Å². The fraction of sp³-hybridized carbons (Fsp3) is 0.706. The van der Waals surface area contributed by atoms with Crippen molar-refractivity contribution in [1.29, 1.82) is 0 Å². The largest absolute Gasteiger partial charge is 0.379 e. The summed E-state index contributed by atoms with van der Waals surface area (Å²) in [5, 5.41) is 18.2. The molecule has 1 amide bonds. The molecule has 29 heavy (non-hydrogen) atoms. The van der Waals surface area contributed by atoms with Gasteiger partial charge >= 0.3 is 0 Å². The van der Waals surface area contributed by atoms with Crippen LogP contribution in [-0.2, 0) is 9.53 Å². The number of thioether (sulfide) groups is 1. The molecule has 12 heteroatoms. The first-order chi connectivity index (χ1) is 14.1. The summed E-state index contributed by atoms with van der Waals surface area (Å²) in [5.41, 5.74) is 0. The second-order valence-electron chi connectivity index (χ2n) is 6.64. The molecule has 0 aromatic carbocycles. The molecule has 0 bridgehead atoms. The van der Waals surface area contributed by atoms with E-state index in [0.29, 0.717) is 42.5 Å². The van der Waals surface area contributed by atoms with Gasteiger partial charge in [0.25, 0.3) is 5.78 Å². The van der Waals surface area contributed by atoms with Gasteiger partial charge in [-0.1, -0.05) is 11.8 Å². The van der Waals surface area contributed by atoms with Crippen molar-refractivity contribution in [1.82, 2.24) is 34.8 Å². The van der Waals surface area contributed by atoms with E-state index in [1.165, 1.54) is 11.8 Å². The molecule has 1 aliphatic heterocycles. The number of fused-ring (bicyclic) bond motifs is 1. The van der Waals surface area contributed by atoms with Crippen LogP contribution >= 0.6 is 11.8 Å². The van der Waals surface area contributed by atoms with E-state index >= 15 is 0 Å². The molecule has 1 atom stereocenters. The van der Waals surface area contributed by atoms with E-state index < -0.39 is 0 Å². The number of ether oxygens (including phenoxy) is 1. The zero-order valence-electron chi connectivity index (χ0n) is 17.1. The van der Waals surface area contributed by atoms with Gasteiger partial charge in [-0.2, -0.15) is 9.97 Å². The van der Waals surface area contributed by atoms with Crippen molar-refractivity contribution in [2.45, 2.75) is 32.0 Å². The number of nitrogens with one attached hydrogen (secondary N) is 3. The van der Waals surface area contributed by atoms with Crippen LogP contribution in [0.15, 0.2) is 5.16 Å². The molecular weight excluding hydrogens is 394 g/mol. The molecule has 3 rings (SSSR count). The minimum absolute atomic E-state index is 0.0398. The van der Waals surface area contributed by atoms with E-state index in [1.807, 2.05) is 13.8 Å². The molecule has 3 heterocycles. The van der Waals surface area contributed by atoms with Gasteiger partial charge < -0.3 is 20.7 Å². The Kier molecular flexibility index (Phi) is 7.83. The van der Waals surface area contributed by atoms with E-state index in [9.17, 15) is 4.79 Å². The Bertz CT molecular complexity index is 810. The Hall–Kier alpha value is -2.18. The van der Waals surface area contributed by atoms with Crippen LogP contribution in [0.2, 0.25) is 0 Å². The number of hydrogen-bond donors (Lipinski definition) is 3. The zero-order chi connectivity index (χ0) is 20.6. The minimum atomic E-state index is -0.0398. The van der Waals surface area contributed by atoms with Crippen LogP contribution in [0.4, 0.5) is 11.9 Å². The molecule has 3 N–H and O–H groups in total. The van der Waals surface area contributed by atoms with Crippen LogP contribution in [-0.4, -0.2) is 93.1 Å². The highest BCUT2D eigenvalue weighted by Gasteiger charge is 2.19. The summed E-state index contributed by atoms with van der Waals surface area (Å²) >= 11 is 1.31. The summed E-state index contributed by atoms with van der Waals surface area (Å²) in [6, 6.07) is 0.278. The van der Waals surface area contributed by atoms with Crippen molar-refractivity contribution in [2.75, 3.05) is 62.3 Å². The van der Waals surface area contributed by atoms with Crippen molar-refractivity contribution < 1.29 is 9.53 Å². The van der Waals surface area contributed by atoms with Gasteiger partial charge in [-0.3, -0.25) is 9.69 Å². The highest BCUT2D eigenvalue weighted by atomic mass is 32.2. The van der Waals surface area contributed by atoms with Gasteiger partial charge in [-0.05, 0) is 20.8 Å². The first-order valence-corrected chi connectivity index (χ1v) is 10.9. The average Bonchev–Trinajstić information content (AvgIpc) is 3.15. The van der Waals surface area contributed by atoms with Gasteiger partial charge in [-0.25, -0.2) is 4.40 Å². The second-order valence-corrected chi connectivity index (χ2v) is 7.58. The Balaban J connectivity index is 1.58. The Morgan fingerprint density at radius 1 is 1.17 bits per heavy atom.